The molecule has 0 amide bonds. The molecular formula is C24H26N4O8P2. The van der Waals surface area contributed by atoms with Crippen molar-refractivity contribution in [3.05, 3.63) is 84.3 Å². The average Bonchev–Trinajstić information content (AvgIpc) is 3.72. The molecule has 0 aliphatic carbocycles. The van der Waals surface area contributed by atoms with Crippen LogP contribution in [0.2, 0.25) is 0 Å². The fourth-order valence-corrected chi connectivity index (χ4v) is 17.6. The van der Waals surface area contributed by atoms with E-state index in [2.05, 4.69) is 10.3 Å². The number of hydrogen-bond acceptors (Lipinski definition) is 12. The molecule has 5 heterocycles. The fraction of sp³-hybridized carbons (Fsp3) is 0.250. The summed E-state index contributed by atoms with van der Waals surface area (Å²) >= 11 is 0. The Balaban J connectivity index is 1.55. The first kappa shape index (κ1) is 23.8. The van der Waals surface area contributed by atoms with Crippen LogP contribution in [-0.4, -0.2) is 36.7 Å². The molecule has 12 nitrogen and oxygen atoms in total. The van der Waals surface area contributed by atoms with Gasteiger partial charge in [0.1, 0.15) is 0 Å². The number of aromatic nitrogens is 2. The third-order valence-electron chi connectivity index (χ3n) is 6.37. The van der Waals surface area contributed by atoms with Crippen molar-refractivity contribution in [3.63, 3.8) is 0 Å². The van der Waals surface area contributed by atoms with E-state index in [-0.39, 0.29) is 38.2 Å². The first-order chi connectivity index (χ1) is 18.5. The quantitative estimate of drug-likeness (QED) is 0.253. The summed E-state index contributed by atoms with van der Waals surface area (Å²) in [6.45, 7) is 4.55. The molecule has 200 valence electrons. The number of hydrogen-bond donors (Lipinski definition) is 0. The monoisotopic (exact) mass is 560 g/mol. The number of nitrogens with zero attached hydrogens (tertiary/aromatic N) is 4. The Kier molecular flexibility index (Phi) is 5.10. The second-order valence-electron chi connectivity index (χ2n) is 8.92. The molecule has 2 aromatic heterocycles. The van der Waals surface area contributed by atoms with Crippen molar-refractivity contribution in [2.24, 2.45) is 0 Å². The van der Waals surface area contributed by atoms with E-state index in [0.29, 0.717) is 22.9 Å². The van der Waals surface area contributed by atoms with Gasteiger partial charge in [-0.2, -0.15) is 0 Å². The standard InChI is InChI=1S/C24H26N4O8P2/c1-19-17-23(25-33-19)35-37(29-13-14-30-37)27(21-9-5-3-6-10-21)38(31-15-16-32-38,36-24-18-20(2)34-26-24)28(37)22-11-7-4-8-12-22/h3-12,17-18H,13-16H2,1-2H3. The molecule has 0 saturated carbocycles. The number of rotatable bonds is 6. The topological polar surface area (TPSA) is 114 Å². The van der Waals surface area contributed by atoms with Crippen LogP contribution in [0.4, 0.5) is 11.4 Å². The molecular weight excluding hydrogens is 534 g/mol. The third kappa shape index (κ3) is 3.01. The van der Waals surface area contributed by atoms with Crippen LogP contribution in [0.1, 0.15) is 11.5 Å². The van der Waals surface area contributed by atoms with Crippen molar-refractivity contribution in [1.29, 1.82) is 0 Å². The third-order valence-corrected chi connectivity index (χ3v) is 16.9. The van der Waals surface area contributed by atoms with Gasteiger partial charge in [-0.25, -0.2) is 0 Å². The molecule has 3 saturated heterocycles. The van der Waals surface area contributed by atoms with Crippen molar-refractivity contribution < 1.29 is 36.2 Å². The summed E-state index contributed by atoms with van der Waals surface area (Å²) in [5, 5.41) is 8.24. The fourth-order valence-electron chi connectivity index (χ4n) is 5.16. The van der Waals surface area contributed by atoms with Crippen LogP contribution >= 0.6 is 15.2 Å². The van der Waals surface area contributed by atoms with Gasteiger partial charge in [-0.1, -0.05) is 0 Å². The maximum absolute atomic E-state index is 6.78. The molecule has 0 N–H and O–H groups in total. The van der Waals surface area contributed by atoms with Crippen molar-refractivity contribution in [2.45, 2.75) is 13.8 Å². The Morgan fingerprint density at radius 3 is 1.29 bits per heavy atom. The van der Waals surface area contributed by atoms with Crippen molar-refractivity contribution >= 4 is 26.5 Å². The van der Waals surface area contributed by atoms with E-state index in [1.54, 1.807) is 34.9 Å². The van der Waals surface area contributed by atoms with Gasteiger partial charge in [0, 0.05) is 0 Å². The summed E-state index contributed by atoms with van der Waals surface area (Å²) in [5.74, 6) is 1.52. The first-order valence-corrected chi connectivity index (χ1v) is 15.9. The van der Waals surface area contributed by atoms with E-state index in [0.717, 1.165) is 0 Å². The van der Waals surface area contributed by atoms with E-state index < -0.39 is 15.2 Å². The molecule has 0 unspecified atom stereocenters. The van der Waals surface area contributed by atoms with E-state index in [1.165, 1.54) is 0 Å². The minimum atomic E-state index is -4.61. The zero-order chi connectivity index (χ0) is 25.9. The summed E-state index contributed by atoms with van der Waals surface area (Å²) in [5.41, 5.74) is 1.30. The van der Waals surface area contributed by atoms with Crippen molar-refractivity contribution in [2.75, 3.05) is 35.3 Å². The first-order valence-electron chi connectivity index (χ1n) is 12.1. The summed E-state index contributed by atoms with van der Waals surface area (Å²) in [4.78, 5) is 0. The molecule has 2 aromatic carbocycles. The van der Waals surface area contributed by atoms with Gasteiger partial charge in [0.05, 0.1) is 0 Å². The van der Waals surface area contributed by atoms with Crippen LogP contribution in [0.25, 0.3) is 0 Å². The Hall–Kier alpha value is -3.24. The molecule has 0 bridgehead atoms. The normalized spacial score (nSPS) is 24.3. The molecule has 0 radical (unpaired) electrons. The molecule has 0 atom stereocenters. The Bertz CT molecular complexity index is 1340. The van der Waals surface area contributed by atoms with Crippen LogP contribution in [0, 0.1) is 13.8 Å². The molecule has 38 heavy (non-hydrogen) atoms. The molecule has 14 heteroatoms. The second kappa shape index (κ2) is 8.13. The van der Waals surface area contributed by atoms with Crippen LogP contribution in [-0.2, 0) is 18.1 Å². The summed E-state index contributed by atoms with van der Waals surface area (Å²) < 4.78 is 54.5. The number of aryl methyl sites for hydroxylation is 2. The Morgan fingerprint density at radius 2 is 0.974 bits per heavy atom. The van der Waals surface area contributed by atoms with Crippen LogP contribution < -0.4 is 17.9 Å². The Labute approximate surface area is 218 Å². The van der Waals surface area contributed by atoms with E-state index in [4.69, 9.17) is 36.2 Å². The van der Waals surface area contributed by atoms with Crippen LogP contribution in [0.3, 0.4) is 0 Å². The zero-order valence-corrected chi connectivity index (χ0v) is 22.5. The molecule has 3 fully saturated rings. The van der Waals surface area contributed by atoms with Gasteiger partial charge in [0.25, 0.3) is 0 Å². The van der Waals surface area contributed by atoms with Gasteiger partial charge in [-0.15, -0.1) is 0 Å². The van der Waals surface area contributed by atoms with Gasteiger partial charge in [0.15, 0.2) is 0 Å². The summed E-state index contributed by atoms with van der Waals surface area (Å²) in [7, 11) is -9.22. The molecule has 7 rings (SSSR count). The molecule has 3 aliphatic rings. The zero-order valence-electron chi connectivity index (χ0n) is 20.7. The van der Waals surface area contributed by atoms with Crippen LogP contribution in [0.5, 0.6) is 11.8 Å². The van der Waals surface area contributed by atoms with Gasteiger partial charge in [-0.3, -0.25) is 0 Å². The van der Waals surface area contributed by atoms with Crippen molar-refractivity contribution in [1.82, 2.24) is 10.3 Å². The minimum absolute atomic E-state index is 0.191. The number of para-hydroxylation sites is 2. The molecule has 3 aliphatic heterocycles. The maximum atomic E-state index is 6.78. The van der Waals surface area contributed by atoms with Gasteiger partial charge in [-0.05, 0) is 0 Å². The average molecular weight is 560 g/mol. The second-order valence-corrected chi connectivity index (χ2v) is 15.8. The Morgan fingerprint density at radius 1 is 0.605 bits per heavy atom. The van der Waals surface area contributed by atoms with E-state index in [9.17, 15) is 0 Å². The molecule has 2 spiro atoms. The SMILES string of the molecule is Cc1cc(OP23(OCCO2)N(c2ccccc2)P2(Oc4cc(C)on4)(OCCO2)N3c2ccccc2)no1. The van der Waals surface area contributed by atoms with Crippen molar-refractivity contribution in [3.8, 4) is 11.8 Å². The van der Waals surface area contributed by atoms with Gasteiger partial charge in [0.2, 0.25) is 0 Å². The summed E-state index contributed by atoms with van der Waals surface area (Å²) in [6, 6.07) is 22.4. The van der Waals surface area contributed by atoms with Gasteiger partial charge < -0.3 is 0 Å². The van der Waals surface area contributed by atoms with Crippen LogP contribution in [0.15, 0.2) is 81.8 Å². The van der Waals surface area contributed by atoms with Gasteiger partial charge >= 0.3 is 218 Å². The summed E-state index contributed by atoms with van der Waals surface area (Å²) in [6.07, 6.45) is 0. The predicted octanol–water partition coefficient (Wildman–Crippen LogP) is 6.11. The number of benzene rings is 2. The predicted molar refractivity (Wildman–Crippen MR) is 139 cm³/mol. The molecule has 4 aromatic rings. The van der Waals surface area contributed by atoms with E-state index >= 15 is 0 Å². The number of anilines is 2. The van der Waals surface area contributed by atoms with E-state index in [1.807, 2.05) is 60.7 Å².